The molecule has 4 aromatic rings. The fourth-order valence-corrected chi connectivity index (χ4v) is 4.57. The Balaban J connectivity index is 1.68. The number of hydrogen-bond acceptors (Lipinski definition) is 6. The van der Waals surface area contributed by atoms with E-state index >= 15 is 0 Å². The molecule has 2 aromatic carbocycles. The van der Waals surface area contributed by atoms with Crippen molar-refractivity contribution in [3.8, 4) is 17.0 Å². The minimum absolute atomic E-state index is 0.00229. The van der Waals surface area contributed by atoms with E-state index < -0.39 is 0 Å². The average Bonchev–Trinajstić information content (AvgIpc) is 3.46. The number of aromatic nitrogens is 1. The van der Waals surface area contributed by atoms with Crippen LogP contribution in [0.5, 0.6) is 5.75 Å². The van der Waals surface area contributed by atoms with Crippen LogP contribution in [0.25, 0.3) is 11.3 Å². The number of halogens is 2. The summed E-state index contributed by atoms with van der Waals surface area (Å²) in [6.07, 6.45) is 1.60. The van der Waals surface area contributed by atoms with Crippen LogP contribution >= 0.6 is 34.5 Å². The average molecular weight is 499 g/mol. The number of amides is 1. The lowest BCUT2D eigenvalue weighted by atomic mass is 10.1. The molecule has 1 N–H and O–H groups in total. The summed E-state index contributed by atoms with van der Waals surface area (Å²) in [5, 5.41) is 10.5. The smallest absolute Gasteiger partial charge is 0.262 e. The standard InChI is InChI=1S/C23H16Cl2N4O3S/c1-13(20-3-2-8-31-20)28-29-19(14-4-7-21-18(9-14)26-22(30)11-32-21)12-33-23(29)27-17-6-5-15(24)10-16(17)25/h2-10,12H,11H2,1H3,(H,26,30). The first-order valence-corrected chi connectivity index (χ1v) is 11.5. The molecule has 0 unspecified atom stereocenters. The van der Waals surface area contributed by atoms with Gasteiger partial charge in [0, 0.05) is 16.0 Å². The highest BCUT2D eigenvalue weighted by Crippen LogP contribution is 2.33. The maximum atomic E-state index is 11.8. The van der Waals surface area contributed by atoms with Crippen LogP contribution in [-0.2, 0) is 4.79 Å². The van der Waals surface area contributed by atoms with Crippen molar-refractivity contribution in [1.82, 2.24) is 4.68 Å². The van der Waals surface area contributed by atoms with Crippen LogP contribution < -0.4 is 14.9 Å². The Morgan fingerprint density at radius 3 is 2.85 bits per heavy atom. The molecule has 3 heterocycles. The summed E-state index contributed by atoms with van der Waals surface area (Å²) in [6, 6.07) is 14.3. The highest BCUT2D eigenvalue weighted by Gasteiger charge is 2.18. The first-order valence-electron chi connectivity index (χ1n) is 9.85. The Kier molecular flexibility index (Phi) is 5.80. The highest BCUT2D eigenvalue weighted by molar-refractivity contribution is 7.07. The predicted octanol–water partition coefficient (Wildman–Crippen LogP) is 5.95. The number of rotatable bonds is 4. The third-order valence-corrected chi connectivity index (χ3v) is 6.20. The van der Waals surface area contributed by atoms with Gasteiger partial charge in [-0.15, -0.1) is 11.3 Å². The van der Waals surface area contributed by atoms with E-state index in [1.165, 1.54) is 11.3 Å². The van der Waals surface area contributed by atoms with Crippen molar-refractivity contribution in [3.05, 3.63) is 80.8 Å². The van der Waals surface area contributed by atoms with E-state index in [9.17, 15) is 4.79 Å². The van der Waals surface area contributed by atoms with E-state index in [0.717, 1.165) is 11.3 Å². The molecule has 0 fully saturated rings. The van der Waals surface area contributed by atoms with E-state index in [0.29, 0.717) is 43.4 Å². The first kappa shape index (κ1) is 21.5. The van der Waals surface area contributed by atoms with Gasteiger partial charge in [-0.2, -0.15) is 5.10 Å². The van der Waals surface area contributed by atoms with Gasteiger partial charge in [0.15, 0.2) is 6.61 Å². The van der Waals surface area contributed by atoms with Crippen molar-refractivity contribution in [2.75, 3.05) is 11.9 Å². The molecule has 0 spiro atoms. The third-order valence-electron chi connectivity index (χ3n) is 4.85. The van der Waals surface area contributed by atoms with Gasteiger partial charge in [0.1, 0.15) is 17.2 Å². The molecule has 0 radical (unpaired) electrons. The quantitative estimate of drug-likeness (QED) is 0.352. The summed E-state index contributed by atoms with van der Waals surface area (Å²) in [5.41, 5.74) is 3.44. The maximum Gasteiger partial charge on any atom is 0.262 e. The zero-order chi connectivity index (χ0) is 22.9. The fourth-order valence-electron chi connectivity index (χ4n) is 3.27. The number of carbonyl (C=O) groups is 1. The van der Waals surface area contributed by atoms with Crippen LogP contribution in [0.4, 0.5) is 11.4 Å². The number of carbonyl (C=O) groups excluding carboxylic acids is 1. The Morgan fingerprint density at radius 2 is 2.06 bits per heavy atom. The van der Waals surface area contributed by atoms with Gasteiger partial charge >= 0.3 is 0 Å². The molecule has 166 valence electrons. The van der Waals surface area contributed by atoms with Crippen molar-refractivity contribution in [1.29, 1.82) is 0 Å². The second-order valence-electron chi connectivity index (χ2n) is 7.13. The van der Waals surface area contributed by atoms with Gasteiger partial charge in [0.25, 0.3) is 5.91 Å². The SMILES string of the molecule is CC(=Nn1c(-c2ccc3c(c2)NC(=O)CO3)csc1=Nc1ccc(Cl)cc1Cl)c1ccco1. The van der Waals surface area contributed by atoms with E-state index in [1.54, 1.807) is 35.2 Å². The van der Waals surface area contributed by atoms with Crippen molar-refractivity contribution >= 4 is 57.5 Å². The number of benzene rings is 2. The summed E-state index contributed by atoms with van der Waals surface area (Å²) in [5.74, 6) is 1.06. The molecule has 1 aliphatic rings. The van der Waals surface area contributed by atoms with Crippen molar-refractivity contribution < 1.29 is 13.9 Å². The summed E-state index contributed by atoms with van der Waals surface area (Å²) in [4.78, 5) is 17.1. The summed E-state index contributed by atoms with van der Waals surface area (Å²) >= 11 is 13.8. The van der Waals surface area contributed by atoms with Gasteiger partial charge in [0.2, 0.25) is 4.80 Å². The molecule has 0 atom stereocenters. The van der Waals surface area contributed by atoms with E-state index in [1.807, 2.05) is 36.6 Å². The molecular formula is C23H16Cl2N4O3S. The lowest BCUT2D eigenvalue weighted by Gasteiger charge is -2.18. The zero-order valence-corrected chi connectivity index (χ0v) is 19.5. The topological polar surface area (TPSA) is 81.1 Å². The molecule has 5 rings (SSSR count). The molecule has 10 heteroatoms. The minimum atomic E-state index is -0.197. The van der Waals surface area contributed by atoms with E-state index in [2.05, 4.69) is 5.32 Å². The number of nitrogens with zero attached hydrogens (tertiary/aromatic N) is 3. The summed E-state index contributed by atoms with van der Waals surface area (Å²) in [7, 11) is 0. The second-order valence-corrected chi connectivity index (χ2v) is 8.81. The molecule has 1 aliphatic heterocycles. The van der Waals surface area contributed by atoms with Crippen LogP contribution in [0.1, 0.15) is 12.7 Å². The van der Waals surface area contributed by atoms with Gasteiger partial charge in [-0.05, 0) is 55.5 Å². The highest BCUT2D eigenvalue weighted by atomic mass is 35.5. The molecular weight excluding hydrogens is 483 g/mol. The van der Waals surface area contributed by atoms with Crippen LogP contribution in [0.2, 0.25) is 10.0 Å². The molecule has 0 aliphatic carbocycles. The number of furan rings is 1. The molecule has 7 nitrogen and oxygen atoms in total. The monoisotopic (exact) mass is 498 g/mol. The fraction of sp³-hybridized carbons (Fsp3) is 0.0870. The van der Waals surface area contributed by atoms with Crippen molar-refractivity contribution in [3.63, 3.8) is 0 Å². The summed E-state index contributed by atoms with van der Waals surface area (Å²) in [6.45, 7) is 1.86. The molecule has 2 aromatic heterocycles. The van der Waals surface area contributed by atoms with E-state index in [4.69, 9.17) is 42.4 Å². The normalized spacial score (nSPS) is 14.1. The number of ether oxygens (including phenoxy) is 1. The second kappa shape index (κ2) is 8.90. The lowest BCUT2D eigenvalue weighted by molar-refractivity contribution is -0.118. The van der Waals surface area contributed by atoms with Crippen molar-refractivity contribution in [2.45, 2.75) is 6.92 Å². The van der Waals surface area contributed by atoms with Gasteiger partial charge < -0.3 is 14.5 Å². The third kappa shape index (κ3) is 4.45. The number of anilines is 1. The molecule has 0 saturated carbocycles. The number of hydrogen-bond donors (Lipinski definition) is 1. The van der Waals surface area contributed by atoms with Crippen LogP contribution in [0.3, 0.4) is 0 Å². The molecule has 0 saturated heterocycles. The largest absolute Gasteiger partial charge is 0.482 e. The zero-order valence-electron chi connectivity index (χ0n) is 17.2. The van der Waals surface area contributed by atoms with Gasteiger partial charge in [-0.25, -0.2) is 9.67 Å². The number of nitrogens with one attached hydrogen (secondary N) is 1. The van der Waals surface area contributed by atoms with Gasteiger partial charge in [-0.1, -0.05) is 23.2 Å². The summed E-state index contributed by atoms with van der Waals surface area (Å²) < 4.78 is 12.7. The molecule has 1 amide bonds. The van der Waals surface area contributed by atoms with Gasteiger partial charge in [0.05, 0.1) is 28.4 Å². The minimum Gasteiger partial charge on any atom is -0.482 e. The van der Waals surface area contributed by atoms with Crippen LogP contribution in [0, 0.1) is 0 Å². The Bertz CT molecular complexity index is 1450. The lowest BCUT2D eigenvalue weighted by Crippen LogP contribution is -2.25. The van der Waals surface area contributed by atoms with Crippen molar-refractivity contribution in [2.24, 2.45) is 10.1 Å². The Hall–Kier alpha value is -3.33. The number of fused-ring (bicyclic) bond motifs is 1. The van der Waals surface area contributed by atoms with E-state index in [-0.39, 0.29) is 12.5 Å². The van der Waals surface area contributed by atoms with Crippen LogP contribution in [0.15, 0.2) is 74.7 Å². The Labute approximate surface area is 202 Å². The molecule has 33 heavy (non-hydrogen) atoms. The predicted molar refractivity (Wildman–Crippen MR) is 130 cm³/mol. The first-order chi connectivity index (χ1) is 16.0. The maximum absolute atomic E-state index is 11.8. The number of thiazole rings is 1. The van der Waals surface area contributed by atoms with Gasteiger partial charge in [-0.3, -0.25) is 4.79 Å². The molecule has 0 bridgehead atoms. The Morgan fingerprint density at radius 1 is 1.18 bits per heavy atom. The van der Waals surface area contributed by atoms with Crippen LogP contribution in [-0.4, -0.2) is 22.9 Å².